The largest absolute Gasteiger partial charge is 0.493 e. The van der Waals surface area contributed by atoms with Gasteiger partial charge in [-0.05, 0) is 44.2 Å². The summed E-state index contributed by atoms with van der Waals surface area (Å²) in [5, 5.41) is 3.49. The molecule has 5 heteroatoms. The number of nitrogens with one attached hydrogen (secondary N) is 1. The van der Waals surface area contributed by atoms with Gasteiger partial charge in [0.1, 0.15) is 17.1 Å². The Labute approximate surface area is 178 Å². The van der Waals surface area contributed by atoms with Crippen molar-refractivity contribution in [2.75, 3.05) is 20.2 Å². The van der Waals surface area contributed by atoms with E-state index in [2.05, 4.69) is 19.2 Å². The van der Waals surface area contributed by atoms with Gasteiger partial charge in [0, 0.05) is 36.3 Å². The summed E-state index contributed by atoms with van der Waals surface area (Å²) in [5.74, 6) is 0.987. The minimum atomic E-state index is -0.531. The lowest BCUT2D eigenvalue weighted by molar-refractivity contribution is -0.131. The molecular weight excluding hydrogens is 379 g/mol. The maximum absolute atomic E-state index is 15.8. The third-order valence-corrected chi connectivity index (χ3v) is 6.34. The van der Waals surface area contributed by atoms with Crippen LogP contribution in [-0.2, 0) is 4.79 Å². The molecule has 4 rings (SSSR count). The smallest absolute Gasteiger partial charge is 0.242 e. The molecule has 0 aromatic heterocycles. The third kappa shape index (κ3) is 3.71. The Morgan fingerprint density at radius 1 is 1.23 bits per heavy atom. The molecule has 1 spiro atoms. The normalized spacial score (nSPS) is 23.7. The second-order valence-electron chi connectivity index (χ2n) is 9.21. The van der Waals surface area contributed by atoms with Gasteiger partial charge in [0.25, 0.3) is 0 Å². The third-order valence-electron chi connectivity index (χ3n) is 6.34. The number of ether oxygens (including phenoxy) is 1. The van der Waals surface area contributed by atoms with Crippen molar-refractivity contribution < 1.29 is 13.9 Å². The van der Waals surface area contributed by atoms with Crippen LogP contribution in [0.1, 0.15) is 50.3 Å². The van der Waals surface area contributed by atoms with Gasteiger partial charge in [-0.1, -0.05) is 43.7 Å². The SMILES string of the molecule is Cc1ccc(OCC(C)C)c(-c2cccc(C3CCC4(CCN(C)C4=O)N3)c2F)c1. The second-order valence-corrected chi connectivity index (χ2v) is 9.21. The number of carbonyl (C=O) groups excluding carboxylic acids is 1. The first-order chi connectivity index (χ1) is 14.3. The number of hydrogen-bond acceptors (Lipinski definition) is 3. The summed E-state index contributed by atoms with van der Waals surface area (Å²) in [6.07, 6.45) is 2.29. The van der Waals surface area contributed by atoms with Gasteiger partial charge in [-0.2, -0.15) is 0 Å². The van der Waals surface area contributed by atoms with Crippen LogP contribution in [0, 0.1) is 18.7 Å². The molecular formula is C25H31FN2O2. The topological polar surface area (TPSA) is 41.6 Å². The van der Waals surface area contributed by atoms with Crippen molar-refractivity contribution in [3.63, 3.8) is 0 Å². The molecule has 0 saturated carbocycles. The monoisotopic (exact) mass is 410 g/mol. The van der Waals surface area contributed by atoms with Crippen molar-refractivity contribution in [3.05, 3.63) is 53.3 Å². The van der Waals surface area contributed by atoms with Crippen molar-refractivity contribution in [1.29, 1.82) is 0 Å². The summed E-state index contributed by atoms with van der Waals surface area (Å²) in [6.45, 7) is 7.53. The highest BCUT2D eigenvalue weighted by atomic mass is 19.1. The van der Waals surface area contributed by atoms with E-state index in [1.807, 2.05) is 50.4 Å². The first kappa shape index (κ1) is 20.9. The minimum Gasteiger partial charge on any atom is -0.493 e. The molecule has 2 unspecified atom stereocenters. The minimum absolute atomic E-state index is 0.129. The zero-order valence-corrected chi connectivity index (χ0v) is 18.3. The predicted octanol–water partition coefficient (Wildman–Crippen LogP) is 4.86. The average Bonchev–Trinajstić information content (AvgIpc) is 3.27. The van der Waals surface area contributed by atoms with Crippen molar-refractivity contribution in [1.82, 2.24) is 10.2 Å². The number of aryl methyl sites for hydroxylation is 1. The van der Waals surface area contributed by atoms with Gasteiger partial charge in [0.2, 0.25) is 5.91 Å². The zero-order chi connectivity index (χ0) is 21.5. The Morgan fingerprint density at radius 2 is 2.03 bits per heavy atom. The van der Waals surface area contributed by atoms with Crippen LogP contribution in [0.25, 0.3) is 11.1 Å². The summed E-state index contributed by atoms with van der Waals surface area (Å²) in [5.41, 5.74) is 2.48. The van der Waals surface area contributed by atoms with Crippen molar-refractivity contribution >= 4 is 5.91 Å². The Hall–Kier alpha value is -2.40. The molecule has 2 fully saturated rings. The van der Waals surface area contributed by atoms with E-state index in [0.29, 0.717) is 29.4 Å². The van der Waals surface area contributed by atoms with Gasteiger partial charge in [-0.25, -0.2) is 4.39 Å². The van der Waals surface area contributed by atoms with Crippen molar-refractivity contribution in [2.24, 2.45) is 5.92 Å². The van der Waals surface area contributed by atoms with Gasteiger partial charge in [-0.3, -0.25) is 10.1 Å². The van der Waals surface area contributed by atoms with Gasteiger partial charge in [0.05, 0.1) is 6.61 Å². The van der Waals surface area contributed by atoms with Gasteiger partial charge in [-0.15, -0.1) is 0 Å². The van der Waals surface area contributed by atoms with Gasteiger partial charge in [0.15, 0.2) is 0 Å². The summed E-state index contributed by atoms with van der Waals surface area (Å²) >= 11 is 0. The number of rotatable bonds is 5. The second kappa shape index (κ2) is 8.03. The van der Waals surface area contributed by atoms with Crippen LogP contribution in [0.2, 0.25) is 0 Å². The molecule has 2 saturated heterocycles. The molecule has 1 N–H and O–H groups in total. The van der Waals surface area contributed by atoms with E-state index < -0.39 is 5.54 Å². The summed E-state index contributed by atoms with van der Waals surface area (Å²) < 4.78 is 21.8. The van der Waals surface area contributed by atoms with E-state index in [-0.39, 0.29) is 17.8 Å². The Balaban J connectivity index is 1.67. The quantitative estimate of drug-likeness (QED) is 0.765. The molecule has 0 radical (unpaired) electrons. The highest BCUT2D eigenvalue weighted by Crippen LogP contribution is 2.42. The number of amides is 1. The van der Waals surface area contributed by atoms with Crippen LogP contribution in [-0.4, -0.2) is 36.5 Å². The number of likely N-dealkylation sites (tertiary alicyclic amines) is 1. The molecule has 160 valence electrons. The number of hydrogen-bond donors (Lipinski definition) is 1. The fourth-order valence-corrected chi connectivity index (χ4v) is 4.66. The Morgan fingerprint density at radius 3 is 2.73 bits per heavy atom. The molecule has 0 aliphatic carbocycles. The average molecular weight is 411 g/mol. The standard InChI is InChI=1S/C25H31FN2O2/c1-16(2)15-30-22-9-8-17(3)14-20(22)18-6-5-7-19(23(18)26)21-10-11-25(27-21)12-13-28(4)24(25)29/h5-9,14,16,21,27H,10-13,15H2,1-4H3. The maximum atomic E-state index is 15.8. The molecule has 2 aliphatic rings. The molecule has 1 amide bonds. The first-order valence-corrected chi connectivity index (χ1v) is 10.9. The van der Waals surface area contributed by atoms with Gasteiger partial charge >= 0.3 is 0 Å². The number of benzene rings is 2. The van der Waals surface area contributed by atoms with E-state index in [1.54, 1.807) is 4.90 Å². The highest BCUT2D eigenvalue weighted by Gasteiger charge is 2.50. The van der Waals surface area contributed by atoms with E-state index in [4.69, 9.17) is 4.74 Å². The van der Waals surface area contributed by atoms with Crippen molar-refractivity contribution in [2.45, 2.75) is 51.6 Å². The Kier molecular flexibility index (Phi) is 5.58. The van der Waals surface area contributed by atoms with E-state index in [9.17, 15) is 4.79 Å². The molecule has 2 aliphatic heterocycles. The number of nitrogens with zero attached hydrogens (tertiary/aromatic N) is 1. The predicted molar refractivity (Wildman–Crippen MR) is 117 cm³/mol. The number of likely N-dealkylation sites (N-methyl/N-ethyl adjacent to an activating group) is 1. The molecule has 0 bridgehead atoms. The van der Waals surface area contributed by atoms with Crippen LogP contribution in [0.15, 0.2) is 36.4 Å². The Bertz CT molecular complexity index is 958. The lowest BCUT2D eigenvalue weighted by Crippen LogP contribution is -2.47. The van der Waals surface area contributed by atoms with Crippen LogP contribution < -0.4 is 10.1 Å². The maximum Gasteiger partial charge on any atom is 0.242 e. The first-order valence-electron chi connectivity index (χ1n) is 10.9. The zero-order valence-electron chi connectivity index (χ0n) is 18.3. The van der Waals surface area contributed by atoms with Gasteiger partial charge < -0.3 is 9.64 Å². The summed E-state index contributed by atoms with van der Waals surface area (Å²) in [6, 6.07) is 11.3. The highest BCUT2D eigenvalue weighted by molar-refractivity contribution is 5.88. The molecule has 30 heavy (non-hydrogen) atoms. The van der Waals surface area contributed by atoms with Crippen LogP contribution >= 0.6 is 0 Å². The summed E-state index contributed by atoms with van der Waals surface area (Å²) in [7, 11) is 1.84. The van der Waals surface area contributed by atoms with E-state index >= 15 is 4.39 Å². The number of halogens is 1. The van der Waals surface area contributed by atoms with Crippen LogP contribution in [0.4, 0.5) is 4.39 Å². The number of carbonyl (C=O) groups is 1. The van der Waals surface area contributed by atoms with E-state index in [0.717, 1.165) is 36.9 Å². The lowest BCUT2D eigenvalue weighted by Gasteiger charge is -2.24. The summed E-state index contributed by atoms with van der Waals surface area (Å²) in [4.78, 5) is 14.4. The molecule has 2 aromatic carbocycles. The molecule has 2 aromatic rings. The fraction of sp³-hybridized carbons (Fsp3) is 0.480. The molecule has 2 heterocycles. The fourth-order valence-electron chi connectivity index (χ4n) is 4.66. The molecule has 4 nitrogen and oxygen atoms in total. The van der Waals surface area contributed by atoms with Crippen LogP contribution in [0.3, 0.4) is 0 Å². The molecule has 2 atom stereocenters. The van der Waals surface area contributed by atoms with Crippen LogP contribution in [0.5, 0.6) is 5.75 Å². The van der Waals surface area contributed by atoms with Crippen molar-refractivity contribution in [3.8, 4) is 16.9 Å². The lowest BCUT2D eigenvalue weighted by atomic mass is 9.95. The van der Waals surface area contributed by atoms with E-state index in [1.165, 1.54) is 0 Å².